The lowest BCUT2D eigenvalue weighted by Crippen LogP contribution is -2.19. The number of hydrogen-bond donors (Lipinski definition) is 1. The molecule has 21 heavy (non-hydrogen) atoms. The smallest absolute Gasteiger partial charge is 0.212 e. The molecular weight excluding hydrogens is 270 g/mol. The van der Waals surface area contributed by atoms with Gasteiger partial charge in [-0.3, -0.25) is 0 Å². The van der Waals surface area contributed by atoms with Gasteiger partial charge in [-0.25, -0.2) is 4.98 Å². The monoisotopic (exact) mass is 287 g/mol. The van der Waals surface area contributed by atoms with Crippen LogP contribution in [0.25, 0.3) is 0 Å². The fourth-order valence-corrected chi connectivity index (χ4v) is 2.46. The van der Waals surface area contributed by atoms with Crippen molar-refractivity contribution in [3.05, 3.63) is 47.7 Å². The zero-order valence-electron chi connectivity index (χ0n) is 11.9. The summed E-state index contributed by atoms with van der Waals surface area (Å²) in [5.41, 5.74) is 1.67. The van der Waals surface area contributed by atoms with Crippen molar-refractivity contribution in [2.45, 2.75) is 18.6 Å². The topological polar surface area (TPSA) is 60.8 Å². The highest BCUT2D eigenvalue weighted by Crippen LogP contribution is 2.42. The number of aliphatic hydroxyl groups is 1. The first kappa shape index (κ1) is 13.7. The quantitative estimate of drug-likeness (QED) is 0.940. The maximum atomic E-state index is 10.3. The Kier molecular flexibility index (Phi) is 3.66. The molecule has 1 aliphatic rings. The average molecular weight is 287 g/mol. The summed E-state index contributed by atoms with van der Waals surface area (Å²) in [7, 11) is 3.18. The number of fused-ring (bicyclic) bond motifs is 1. The van der Waals surface area contributed by atoms with Crippen molar-refractivity contribution in [3.8, 4) is 17.4 Å². The predicted molar refractivity (Wildman–Crippen MR) is 76.7 cm³/mol. The number of nitrogens with zero attached hydrogens (tertiary/aromatic N) is 1. The third-order valence-electron chi connectivity index (χ3n) is 3.62. The maximum Gasteiger partial charge on any atom is 0.212 e. The number of ether oxygens (including phenoxy) is 3. The summed E-state index contributed by atoms with van der Waals surface area (Å²) >= 11 is 0. The van der Waals surface area contributed by atoms with Crippen LogP contribution in [-0.2, 0) is 0 Å². The second-order valence-electron chi connectivity index (χ2n) is 4.90. The zero-order valence-corrected chi connectivity index (χ0v) is 11.9. The first-order valence-electron chi connectivity index (χ1n) is 6.74. The first-order valence-corrected chi connectivity index (χ1v) is 6.74. The summed E-state index contributed by atoms with van der Waals surface area (Å²) in [5, 5.41) is 10.3. The minimum absolute atomic E-state index is 0.223. The number of aliphatic hydroxyl groups excluding tert-OH is 1. The first-order chi connectivity index (χ1) is 10.2. The highest BCUT2D eigenvalue weighted by atomic mass is 16.5. The molecule has 1 N–H and O–H groups in total. The van der Waals surface area contributed by atoms with E-state index in [-0.39, 0.29) is 6.10 Å². The van der Waals surface area contributed by atoms with Gasteiger partial charge in [-0.15, -0.1) is 0 Å². The Hall–Kier alpha value is -2.27. The minimum atomic E-state index is -0.587. The third-order valence-corrected chi connectivity index (χ3v) is 3.62. The minimum Gasteiger partial charge on any atom is -0.497 e. The van der Waals surface area contributed by atoms with Crippen LogP contribution in [0, 0.1) is 0 Å². The molecule has 5 heteroatoms. The number of pyridine rings is 1. The second-order valence-corrected chi connectivity index (χ2v) is 4.90. The lowest BCUT2D eigenvalue weighted by atomic mass is 9.95. The molecule has 3 rings (SSSR count). The lowest BCUT2D eigenvalue weighted by molar-refractivity contribution is 0.0652. The molecule has 2 heterocycles. The van der Waals surface area contributed by atoms with E-state index in [1.54, 1.807) is 26.5 Å². The summed E-state index contributed by atoms with van der Waals surface area (Å²) in [6.07, 6.45) is 1.38. The Bertz CT molecular complexity index is 627. The molecule has 0 aliphatic carbocycles. The molecule has 0 spiro atoms. The lowest BCUT2D eigenvalue weighted by Gasteiger charge is -2.30. The van der Waals surface area contributed by atoms with Gasteiger partial charge in [0.25, 0.3) is 0 Å². The molecule has 1 aromatic heterocycles. The van der Waals surface area contributed by atoms with Gasteiger partial charge in [-0.05, 0) is 24.3 Å². The Balaban J connectivity index is 1.87. The van der Waals surface area contributed by atoms with Crippen molar-refractivity contribution in [1.82, 2.24) is 4.98 Å². The van der Waals surface area contributed by atoms with E-state index in [0.29, 0.717) is 23.8 Å². The van der Waals surface area contributed by atoms with Crippen LogP contribution >= 0.6 is 0 Å². The van der Waals surface area contributed by atoms with Crippen molar-refractivity contribution in [2.75, 3.05) is 14.2 Å². The molecule has 2 atom stereocenters. The molecule has 1 aliphatic heterocycles. The van der Waals surface area contributed by atoms with Crippen LogP contribution in [0.4, 0.5) is 0 Å². The predicted octanol–water partition coefficient (Wildman–Crippen LogP) is 2.66. The molecule has 2 aromatic rings. The van der Waals surface area contributed by atoms with Crippen LogP contribution in [0.5, 0.6) is 17.4 Å². The van der Waals surface area contributed by atoms with Gasteiger partial charge in [0.2, 0.25) is 5.88 Å². The van der Waals surface area contributed by atoms with Crippen LogP contribution in [0.2, 0.25) is 0 Å². The summed E-state index contributed by atoms with van der Waals surface area (Å²) in [4.78, 5) is 4.18. The van der Waals surface area contributed by atoms with Gasteiger partial charge in [-0.2, -0.15) is 0 Å². The van der Waals surface area contributed by atoms with Gasteiger partial charge in [0.1, 0.15) is 17.6 Å². The van der Waals surface area contributed by atoms with Gasteiger partial charge in [0.15, 0.2) is 0 Å². The highest BCUT2D eigenvalue weighted by molar-refractivity contribution is 5.43. The standard InChI is InChI=1S/C16H17NO4/c1-19-11-4-5-14-12(7-11)13(18)8-15(21-14)10-3-6-16(20-2)17-9-10/h3-7,9,13,15,18H,8H2,1-2H3. The molecule has 2 unspecified atom stereocenters. The number of hydrogen-bond acceptors (Lipinski definition) is 5. The highest BCUT2D eigenvalue weighted by Gasteiger charge is 2.28. The summed E-state index contributed by atoms with van der Waals surface area (Å²) in [6, 6.07) is 9.13. The van der Waals surface area contributed by atoms with Crippen molar-refractivity contribution >= 4 is 0 Å². The Morgan fingerprint density at radius 2 is 2.05 bits per heavy atom. The third kappa shape index (κ3) is 2.64. The molecule has 110 valence electrons. The van der Waals surface area contributed by atoms with Gasteiger partial charge >= 0.3 is 0 Å². The molecular formula is C16H17NO4. The maximum absolute atomic E-state index is 10.3. The van der Waals surface area contributed by atoms with E-state index in [9.17, 15) is 5.11 Å². The molecule has 1 aromatic carbocycles. The van der Waals surface area contributed by atoms with E-state index in [1.807, 2.05) is 24.3 Å². The normalized spacial score (nSPS) is 20.3. The molecule has 0 radical (unpaired) electrons. The number of rotatable bonds is 3. The average Bonchev–Trinajstić information content (AvgIpc) is 2.54. The second kappa shape index (κ2) is 5.61. The van der Waals surface area contributed by atoms with Crippen LogP contribution in [0.15, 0.2) is 36.5 Å². The van der Waals surface area contributed by atoms with Crippen LogP contribution < -0.4 is 14.2 Å². The summed E-state index contributed by atoms with van der Waals surface area (Å²) < 4.78 is 16.2. The van der Waals surface area contributed by atoms with Crippen LogP contribution in [-0.4, -0.2) is 24.3 Å². The molecule has 0 bridgehead atoms. The van der Waals surface area contributed by atoms with E-state index < -0.39 is 6.10 Å². The SMILES string of the molecule is COc1ccc2c(c1)C(O)CC(c1ccc(OC)nc1)O2. The van der Waals surface area contributed by atoms with Crippen molar-refractivity contribution in [2.24, 2.45) is 0 Å². The summed E-state index contributed by atoms with van der Waals surface area (Å²) in [6.45, 7) is 0. The van der Waals surface area contributed by atoms with Crippen LogP contribution in [0.1, 0.15) is 29.8 Å². The van der Waals surface area contributed by atoms with Crippen LogP contribution in [0.3, 0.4) is 0 Å². The number of benzene rings is 1. The van der Waals surface area contributed by atoms with E-state index in [0.717, 1.165) is 11.1 Å². The Labute approximate surface area is 123 Å². The van der Waals surface area contributed by atoms with Gasteiger partial charge < -0.3 is 19.3 Å². The fraction of sp³-hybridized carbons (Fsp3) is 0.312. The van der Waals surface area contributed by atoms with E-state index in [1.165, 1.54) is 0 Å². The van der Waals surface area contributed by atoms with Gasteiger partial charge in [0, 0.05) is 29.8 Å². The Morgan fingerprint density at radius 3 is 2.71 bits per heavy atom. The number of aromatic nitrogens is 1. The van der Waals surface area contributed by atoms with E-state index in [2.05, 4.69) is 4.98 Å². The summed E-state index contributed by atoms with van der Waals surface area (Å²) in [5.74, 6) is 1.94. The molecule has 0 saturated carbocycles. The molecule has 5 nitrogen and oxygen atoms in total. The van der Waals surface area contributed by atoms with E-state index >= 15 is 0 Å². The fourth-order valence-electron chi connectivity index (χ4n) is 2.46. The van der Waals surface area contributed by atoms with Gasteiger partial charge in [-0.1, -0.05) is 0 Å². The van der Waals surface area contributed by atoms with Crippen molar-refractivity contribution in [3.63, 3.8) is 0 Å². The molecule has 0 fully saturated rings. The van der Waals surface area contributed by atoms with Gasteiger partial charge in [0.05, 0.1) is 20.3 Å². The molecule has 0 saturated heterocycles. The largest absolute Gasteiger partial charge is 0.497 e. The molecule has 0 amide bonds. The van der Waals surface area contributed by atoms with Crippen molar-refractivity contribution in [1.29, 1.82) is 0 Å². The van der Waals surface area contributed by atoms with Crippen molar-refractivity contribution < 1.29 is 19.3 Å². The van der Waals surface area contributed by atoms with E-state index in [4.69, 9.17) is 14.2 Å². The Morgan fingerprint density at radius 1 is 1.19 bits per heavy atom. The number of methoxy groups -OCH3 is 2. The zero-order chi connectivity index (χ0) is 14.8.